The number of amides is 1. The van der Waals surface area contributed by atoms with Gasteiger partial charge in [0.25, 0.3) is 5.56 Å². The lowest BCUT2D eigenvalue weighted by molar-refractivity contribution is -0.118. The Balaban J connectivity index is 1.55. The van der Waals surface area contributed by atoms with Gasteiger partial charge in [0.15, 0.2) is 16.7 Å². The fourth-order valence-electron chi connectivity index (χ4n) is 3.61. The van der Waals surface area contributed by atoms with Crippen molar-refractivity contribution in [2.75, 3.05) is 20.0 Å². The maximum absolute atomic E-state index is 13.4. The van der Waals surface area contributed by atoms with E-state index in [0.717, 1.165) is 16.8 Å². The van der Waals surface area contributed by atoms with Crippen LogP contribution >= 0.6 is 11.8 Å². The first-order valence-electron chi connectivity index (χ1n) is 10.7. The van der Waals surface area contributed by atoms with Crippen LogP contribution in [0.15, 0.2) is 76.7 Å². The van der Waals surface area contributed by atoms with Gasteiger partial charge in [-0.15, -0.1) is 0 Å². The molecule has 0 unspecified atom stereocenters. The molecule has 0 saturated heterocycles. The first kappa shape index (κ1) is 23.4. The lowest BCUT2D eigenvalue weighted by Crippen LogP contribution is -2.26. The van der Waals surface area contributed by atoms with Crippen molar-refractivity contribution in [3.63, 3.8) is 0 Å². The third-order valence-corrected chi connectivity index (χ3v) is 6.31. The number of carbonyl (C=O) groups excluding carboxylic acids is 1. The summed E-state index contributed by atoms with van der Waals surface area (Å²) >= 11 is 1.23. The molecule has 0 atom stereocenters. The first-order chi connectivity index (χ1) is 16.5. The van der Waals surface area contributed by atoms with Gasteiger partial charge in [-0.1, -0.05) is 48.2 Å². The molecule has 1 amide bonds. The number of thioether (sulfide) groups is 1. The van der Waals surface area contributed by atoms with E-state index in [1.165, 1.54) is 11.8 Å². The van der Waals surface area contributed by atoms with Crippen molar-refractivity contribution in [3.05, 3.63) is 88.2 Å². The minimum Gasteiger partial charge on any atom is -0.493 e. The molecule has 0 radical (unpaired) electrons. The molecule has 1 heterocycles. The van der Waals surface area contributed by atoms with E-state index >= 15 is 0 Å². The standard InChI is InChI=1S/C26H25N3O4S/c1-17-8-4-7-11-21(17)29-25(31)19-9-5-6-10-20(19)28-26(29)34-16-24(30)27-15-18-12-13-22(32-2)23(14-18)33-3/h4-14H,15-16H2,1-3H3,(H,27,30). The third-order valence-electron chi connectivity index (χ3n) is 5.37. The SMILES string of the molecule is COc1ccc(CNC(=O)CSc2nc3ccccc3c(=O)n2-c2ccccc2C)cc1OC. The topological polar surface area (TPSA) is 82.5 Å². The molecule has 4 aromatic rings. The Hall–Kier alpha value is -3.78. The zero-order valence-electron chi connectivity index (χ0n) is 19.2. The maximum Gasteiger partial charge on any atom is 0.266 e. The van der Waals surface area contributed by atoms with Crippen molar-refractivity contribution in [1.29, 1.82) is 0 Å². The number of hydrogen-bond acceptors (Lipinski definition) is 6. The first-order valence-corrected chi connectivity index (χ1v) is 11.7. The molecule has 0 aliphatic rings. The molecule has 7 nitrogen and oxygen atoms in total. The summed E-state index contributed by atoms with van der Waals surface area (Å²) in [5.41, 5.74) is 3.02. The number of methoxy groups -OCH3 is 2. The van der Waals surface area contributed by atoms with E-state index in [2.05, 4.69) is 5.32 Å². The Morgan fingerprint density at radius 1 is 1.00 bits per heavy atom. The lowest BCUT2D eigenvalue weighted by Gasteiger charge is -2.15. The molecular formula is C26H25N3O4S. The van der Waals surface area contributed by atoms with Crippen molar-refractivity contribution in [3.8, 4) is 17.2 Å². The van der Waals surface area contributed by atoms with E-state index in [-0.39, 0.29) is 17.2 Å². The highest BCUT2D eigenvalue weighted by Crippen LogP contribution is 2.27. The normalized spacial score (nSPS) is 10.8. The Kier molecular flexibility index (Phi) is 7.18. The second kappa shape index (κ2) is 10.4. The van der Waals surface area contributed by atoms with Crippen LogP contribution in [0.2, 0.25) is 0 Å². The third kappa shape index (κ3) is 4.92. The smallest absolute Gasteiger partial charge is 0.266 e. The zero-order chi connectivity index (χ0) is 24.1. The second-order valence-corrected chi connectivity index (χ2v) is 8.54. The summed E-state index contributed by atoms with van der Waals surface area (Å²) in [5.74, 6) is 1.18. The van der Waals surface area contributed by atoms with Crippen molar-refractivity contribution in [1.82, 2.24) is 14.9 Å². The number of nitrogens with zero attached hydrogens (tertiary/aromatic N) is 2. The highest BCUT2D eigenvalue weighted by molar-refractivity contribution is 7.99. The molecule has 0 spiro atoms. The largest absolute Gasteiger partial charge is 0.493 e. The average Bonchev–Trinajstić information content (AvgIpc) is 2.86. The summed E-state index contributed by atoms with van der Waals surface area (Å²) in [4.78, 5) is 30.7. The molecule has 0 bridgehead atoms. The fraction of sp³-hybridized carbons (Fsp3) is 0.192. The molecule has 8 heteroatoms. The zero-order valence-corrected chi connectivity index (χ0v) is 20.0. The van der Waals surface area contributed by atoms with Crippen LogP contribution in [-0.2, 0) is 11.3 Å². The maximum atomic E-state index is 13.4. The monoisotopic (exact) mass is 475 g/mol. The van der Waals surface area contributed by atoms with Crippen LogP contribution in [0.25, 0.3) is 16.6 Å². The van der Waals surface area contributed by atoms with Crippen LogP contribution in [0, 0.1) is 6.92 Å². The quantitative estimate of drug-likeness (QED) is 0.305. The lowest BCUT2D eigenvalue weighted by atomic mass is 10.2. The molecule has 174 valence electrons. The molecule has 0 aliphatic heterocycles. The number of benzene rings is 3. The number of para-hydroxylation sites is 2. The number of fused-ring (bicyclic) bond motifs is 1. The number of hydrogen-bond donors (Lipinski definition) is 1. The number of nitrogens with one attached hydrogen (secondary N) is 1. The van der Waals surface area contributed by atoms with E-state index < -0.39 is 0 Å². The van der Waals surface area contributed by atoms with Gasteiger partial charge in [-0.2, -0.15) is 0 Å². The molecule has 1 N–H and O–H groups in total. The number of rotatable bonds is 8. The summed E-state index contributed by atoms with van der Waals surface area (Å²) in [7, 11) is 3.15. The van der Waals surface area contributed by atoms with Crippen LogP contribution in [0.4, 0.5) is 0 Å². The number of carbonyl (C=O) groups is 1. The van der Waals surface area contributed by atoms with Crippen LogP contribution in [0.1, 0.15) is 11.1 Å². The van der Waals surface area contributed by atoms with E-state index in [0.29, 0.717) is 34.1 Å². The molecule has 34 heavy (non-hydrogen) atoms. The second-order valence-electron chi connectivity index (χ2n) is 7.59. The van der Waals surface area contributed by atoms with Crippen molar-refractivity contribution >= 4 is 28.6 Å². The van der Waals surface area contributed by atoms with E-state index in [1.54, 1.807) is 37.0 Å². The average molecular weight is 476 g/mol. The Morgan fingerprint density at radius 3 is 2.50 bits per heavy atom. The fourth-order valence-corrected chi connectivity index (χ4v) is 4.44. The van der Waals surface area contributed by atoms with Crippen molar-refractivity contribution in [2.45, 2.75) is 18.6 Å². The summed E-state index contributed by atoms with van der Waals surface area (Å²) in [6.07, 6.45) is 0. The number of ether oxygens (including phenoxy) is 2. The summed E-state index contributed by atoms with van der Waals surface area (Å²) in [6.45, 7) is 2.29. The highest BCUT2D eigenvalue weighted by atomic mass is 32.2. The van der Waals surface area contributed by atoms with Gasteiger partial charge in [-0.05, 0) is 48.4 Å². The van der Waals surface area contributed by atoms with Gasteiger partial charge in [-0.25, -0.2) is 4.98 Å². The predicted octanol–water partition coefficient (Wildman–Crippen LogP) is 4.12. The number of aryl methyl sites for hydroxylation is 1. The molecule has 3 aromatic carbocycles. The summed E-state index contributed by atoms with van der Waals surface area (Å²) < 4.78 is 12.2. The Morgan fingerprint density at radius 2 is 1.74 bits per heavy atom. The van der Waals surface area contributed by atoms with Crippen molar-refractivity contribution in [2.24, 2.45) is 0 Å². The molecule has 0 saturated carbocycles. The van der Waals surface area contributed by atoms with Gasteiger partial charge in [0.2, 0.25) is 5.91 Å². The van der Waals surface area contributed by atoms with E-state index in [9.17, 15) is 9.59 Å². The van der Waals surface area contributed by atoms with Crippen molar-refractivity contribution < 1.29 is 14.3 Å². The minimum atomic E-state index is -0.168. The van der Waals surface area contributed by atoms with Crippen LogP contribution in [0.3, 0.4) is 0 Å². The van der Waals surface area contributed by atoms with E-state index in [4.69, 9.17) is 14.5 Å². The molecule has 1 aromatic heterocycles. The van der Waals surface area contributed by atoms with Gasteiger partial charge in [0, 0.05) is 6.54 Å². The van der Waals surface area contributed by atoms with E-state index in [1.807, 2.05) is 55.5 Å². The Bertz CT molecular complexity index is 1400. The van der Waals surface area contributed by atoms with Gasteiger partial charge in [-0.3, -0.25) is 14.2 Å². The summed E-state index contributed by atoms with van der Waals surface area (Å²) in [5, 5.41) is 3.92. The molecule has 0 fully saturated rings. The Labute approximate surface area is 201 Å². The molecule has 4 rings (SSSR count). The predicted molar refractivity (Wildman–Crippen MR) is 134 cm³/mol. The van der Waals surface area contributed by atoms with Gasteiger partial charge in [0.05, 0.1) is 36.6 Å². The minimum absolute atomic E-state index is 0.115. The van der Waals surface area contributed by atoms with Crippen LogP contribution in [-0.4, -0.2) is 35.4 Å². The van der Waals surface area contributed by atoms with Crippen LogP contribution in [0.5, 0.6) is 11.5 Å². The molecular weight excluding hydrogens is 450 g/mol. The van der Waals surface area contributed by atoms with Gasteiger partial charge < -0.3 is 14.8 Å². The van der Waals surface area contributed by atoms with Gasteiger partial charge >= 0.3 is 0 Å². The molecule has 0 aliphatic carbocycles. The number of aromatic nitrogens is 2. The van der Waals surface area contributed by atoms with Gasteiger partial charge in [0.1, 0.15) is 0 Å². The summed E-state index contributed by atoms with van der Waals surface area (Å²) in [6, 6.07) is 20.4. The highest BCUT2D eigenvalue weighted by Gasteiger charge is 2.16. The van der Waals surface area contributed by atoms with Crippen LogP contribution < -0.4 is 20.3 Å².